The number of nitrogens with two attached hydrogens (primary N) is 1. The smallest absolute Gasteiger partial charge is 0.271 e. The molecule has 12 nitrogen and oxygen atoms in total. The molecule has 3 heterocycles. The fourth-order valence-corrected chi connectivity index (χ4v) is 5.35. The third-order valence-corrected chi connectivity index (χ3v) is 6.66. The van der Waals surface area contributed by atoms with E-state index in [1.165, 1.54) is 19.2 Å². The molecule has 4 amide bonds. The third-order valence-electron chi connectivity index (χ3n) is 6.66. The molecule has 2 aromatic carbocycles. The Labute approximate surface area is 192 Å². The van der Waals surface area contributed by atoms with Gasteiger partial charge in [-0.3, -0.25) is 34.6 Å². The zero-order chi connectivity index (χ0) is 24.4. The summed E-state index contributed by atoms with van der Waals surface area (Å²) in [5.74, 6) is -4.95. The molecule has 0 unspecified atom stereocenters. The van der Waals surface area contributed by atoms with Crippen molar-refractivity contribution in [2.75, 3.05) is 17.3 Å². The van der Waals surface area contributed by atoms with Crippen LogP contribution in [0.5, 0.6) is 5.75 Å². The minimum atomic E-state index is -1.61. The topological polar surface area (TPSA) is 174 Å². The summed E-state index contributed by atoms with van der Waals surface area (Å²) in [7, 11) is 1.30. The summed E-state index contributed by atoms with van der Waals surface area (Å²) < 4.78 is 5.26. The number of carbonyl (C=O) groups excluding carboxylic acids is 4. The van der Waals surface area contributed by atoms with E-state index >= 15 is 0 Å². The van der Waals surface area contributed by atoms with Crippen LogP contribution >= 0.6 is 0 Å². The Morgan fingerprint density at radius 3 is 2.62 bits per heavy atom. The fourth-order valence-electron chi connectivity index (χ4n) is 5.35. The molecule has 1 spiro atoms. The summed E-state index contributed by atoms with van der Waals surface area (Å²) in [5.41, 5.74) is 4.28. The number of methoxy groups -OCH3 is 1. The first-order chi connectivity index (χ1) is 16.2. The van der Waals surface area contributed by atoms with E-state index < -0.39 is 52.0 Å². The van der Waals surface area contributed by atoms with Crippen LogP contribution in [0.3, 0.4) is 0 Å². The summed E-state index contributed by atoms with van der Waals surface area (Å²) in [6, 6.07) is 9.38. The van der Waals surface area contributed by atoms with Crippen molar-refractivity contribution < 1.29 is 28.8 Å². The molecular weight excluding hydrogens is 446 g/mol. The number of non-ortho nitro benzene ring substituents is 1. The maximum atomic E-state index is 13.8. The molecule has 2 fully saturated rings. The highest BCUT2D eigenvalue weighted by Crippen LogP contribution is 2.54. The lowest BCUT2D eigenvalue weighted by atomic mass is 9.76. The Morgan fingerprint density at radius 2 is 1.94 bits per heavy atom. The van der Waals surface area contributed by atoms with Crippen LogP contribution in [0, 0.1) is 22.0 Å². The zero-order valence-corrected chi connectivity index (χ0v) is 17.8. The summed E-state index contributed by atoms with van der Waals surface area (Å²) in [6.07, 6.45) is -0.294. The van der Waals surface area contributed by atoms with Gasteiger partial charge in [-0.25, -0.2) is 4.90 Å². The van der Waals surface area contributed by atoms with Crippen LogP contribution < -0.4 is 26.0 Å². The maximum Gasteiger partial charge on any atom is 0.271 e. The van der Waals surface area contributed by atoms with Gasteiger partial charge in [0.15, 0.2) is 0 Å². The largest absolute Gasteiger partial charge is 0.495 e. The number of rotatable bonds is 5. The second-order valence-electron chi connectivity index (χ2n) is 8.36. The van der Waals surface area contributed by atoms with Crippen molar-refractivity contribution in [1.82, 2.24) is 5.32 Å². The number of carbonyl (C=O) groups is 4. The molecule has 3 aliphatic rings. The normalized spacial score (nSPS) is 27.0. The Bertz CT molecular complexity index is 1290. The fraction of sp³-hybridized carbons (Fsp3) is 0.273. The third kappa shape index (κ3) is 2.75. The number of amides is 4. The molecule has 0 saturated carbocycles. The van der Waals surface area contributed by atoms with E-state index in [0.717, 1.165) is 11.0 Å². The van der Waals surface area contributed by atoms with Crippen molar-refractivity contribution in [3.63, 3.8) is 0 Å². The minimum absolute atomic E-state index is 0.0667. The maximum absolute atomic E-state index is 13.8. The molecule has 5 rings (SSSR count). The van der Waals surface area contributed by atoms with E-state index in [0.29, 0.717) is 11.3 Å². The van der Waals surface area contributed by atoms with Gasteiger partial charge in [0.2, 0.25) is 23.6 Å². The monoisotopic (exact) mass is 465 g/mol. The Kier molecular flexibility index (Phi) is 4.65. The molecule has 12 heteroatoms. The van der Waals surface area contributed by atoms with Gasteiger partial charge in [0, 0.05) is 35.8 Å². The van der Waals surface area contributed by atoms with E-state index in [-0.39, 0.29) is 23.5 Å². The molecule has 2 aromatic rings. The van der Waals surface area contributed by atoms with Crippen molar-refractivity contribution >= 4 is 40.7 Å². The number of hydrogen-bond acceptors (Lipinski definition) is 8. The number of anilines is 2. The summed E-state index contributed by atoms with van der Waals surface area (Å²) in [6.45, 7) is 0. The summed E-state index contributed by atoms with van der Waals surface area (Å²) in [4.78, 5) is 64.1. The number of ether oxygens (including phenoxy) is 1. The molecule has 0 bridgehead atoms. The predicted molar refractivity (Wildman–Crippen MR) is 117 cm³/mol. The highest BCUT2D eigenvalue weighted by molar-refractivity contribution is 6.26. The van der Waals surface area contributed by atoms with Crippen LogP contribution in [-0.2, 0) is 24.7 Å². The first-order valence-corrected chi connectivity index (χ1v) is 10.4. The number of nitro benzene ring substituents is 1. The van der Waals surface area contributed by atoms with Crippen LogP contribution in [-0.4, -0.2) is 41.7 Å². The highest BCUT2D eigenvalue weighted by Gasteiger charge is 2.70. The molecule has 4 atom stereocenters. The number of benzene rings is 2. The van der Waals surface area contributed by atoms with Gasteiger partial charge in [0.25, 0.3) is 5.69 Å². The molecule has 4 N–H and O–H groups in total. The lowest BCUT2D eigenvalue weighted by molar-refractivity contribution is -0.384. The SMILES string of the molecule is COc1ccc([N+](=O)[O-])cc1N1C(=O)[C@@H]2[C@H](CC(N)=O)N[C@@]3(C(=O)Nc4ccccc43)[C@H]2C1=O. The van der Waals surface area contributed by atoms with Crippen LogP contribution in [0.15, 0.2) is 42.5 Å². The zero-order valence-electron chi connectivity index (χ0n) is 17.8. The first kappa shape index (κ1) is 21.5. The quantitative estimate of drug-likeness (QED) is 0.323. The van der Waals surface area contributed by atoms with E-state index in [2.05, 4.69) is 10.6 Å². The Morgan fingerprint density at radius 1 is 1.21 bits per heavy atom. The lowest BCUT2D eigenvalue weighted by Crippen LogP contribution is -2.53. The van der Waals surface area contributed by atoms with E-state index in [4.69, 9.17) is 10.5 Å². The first-order valence-electron chi connectivity index (χ1n) is 10.4. The standard InChI is InChI=1S/C22H19N5O7/c1-34-15-7-6-10(27(32)33)8-14(15)26-19(29)17-13(9-16(23)28)25-22(18(17)20(26)30)11-4-2-3-5-12(11)24-21(22)31/h2-8,13,17-18,25H,9H2,1H3,(H2,23,28)(H,24,31)/t13-,17+,18+,22+/m0/s1. The van der Waals surface area contributed by atoms with Gasteiger partial charge in [0.1, 0.15) is 17.0 Å². The van der Waals surface area contributed by atoms with E-state index in [1.54, 1.807) is 24.3 Å². The Hall–Kier alpha value is -4.32. The second-order valence-corrected chi connectivity index (χ2v) is 8.36. The van der Waals surface area contributed by atoms with Crippen molar-refractivity contribution in [3.05, 3.63) is 58.1 Å². The van der Waals surface area contributed by atoms with Crippen molar-refractivity contribution in [2.45, 2.75) is 18.0 Å². The number of primary amides is 1. The molecule has 0 aliphatic carbocycles. The summed E-state index contributed by atoms with van der Waals surface area (Å²) >= 11 is 0. The van der Waals surface area contributed by atoms with Crippen molar-refractivity contribution in [1.29, 1.82) is 0 Å². The van der Waals surface area contributed by atoms with E-state index in [9.17, 15) is 29.3 Å². The molecule has 0 aromatic heterocycles. The molecule has 174 valence electrons. The van der Waals surface area contributed by atoms with Crippen LogP contribution in [0.1, 0.15) is 12.0 Å². The van der Waals surface area contributed by atoms with Crippen molar-refractivity contribution in [3.8, 4) is 5.75 Å². The molecule has 0 radical (unpaired) electrons. The number of imide groups is 1. The van der Waals surface area contributed by atoms with Crippen LogP contribution in [0.25, 0.3) is 0 Å². The number of nitrogens with one attached hydrogen (secondary N) is 2. The van der Waals surface area contributed by atoms with Crippen LogP contribution in [0.2, 0.25) is 0 Å². The molecule has 2 saturated heterocycles. The van der Waals surface area contributed by atoms with Gasteiger partial charge < -0.3 is 15.8 Å². The van der Waals surface area contributed by atoms with Gasteiger partial charge in [0.05, 0.1) is 23.9 Å². The number of nitro groups is 1. The van der Waals surface area contributed by atoms with Crippen LogP contribution in [0.4, 0.5) is 17.1 Å². The minimum Gasteiger partial charge on any atom is -0.495 e. The summed E-state index contributed by atoms with van der Waals surface area (Å²) in [5, 5.41) is 17.2. The number of para-hydroxylation sites is 1. The second kappa shape index (κ2) is 7.35. The van der Waals surface area contributed by atoms with Gasteiger partial charge >= 0.3 is 0 Å². The number of fused-ring (bicyclic) bond motifs is 4. The van der Waals surface area contributed by atoms with E-state index in [1.807, 2.05) is 0 Å². The lowest BCUT2D eigenvalue weighted by Gasteiger charge is -2.29. The highest BCUT2D eigenvalue weighted by atomic mass is 16.6. The predicted octanol–water partition coefficient (Wildman–Crippen LogP) is 0.404. The molecular formula is C22H19N5O7. The average molecular weight is 465 g/mol. The number of nitrogens with zero attached hydrogens (tertiary/aromatic N) is 2. The van der Waals surface area contributed by atoms with Gasteiger partial charge in [-0.15, -0.1) is 0 Å². The van der Waals surface area contributed by atoms with Crippen molar-refractivity contribution in [2.24, 2.45) is 17.6 Å². The van der Waals surface area contributed by atoms with Gasteiger partial charge in [-0.2, -0.15) is 0 Å². The Balaban J connectivity index is 1.69. The molecule has 34 heavy (non-hydrogen) atoms. The molecule has 3 aliphatic heterocycles. The van der Waals surface area contributed by atoms with Gasteiger partial charge in [-0.1, -0.05) is 18.2 Å². The number of hydrogen-bond donors (Lipinski definition) is 3. The average Bonchev–Trinajstić information content (AvgIpc) is 3.37. The van der Waals surface area contributed by atoms with Gasteiger partial charge in [-0.05, 0) is 12.1 Å².